The standard InChI is InChI=1S/C20H19ClN2O4S/c1-20(2)8-13-15(10-27-20)28-18-16(13)17(25)22(3)19(26)23(18)9-14(24)11-4-6-12(21)7-5-11/h4-7H,8-10H2,1-3H3. The van der Waals surface area contributed by atoms with Crippen LogP contribution in [0.4, 0.5) is 0 Å². The first-order valence-electron chi connectivity index (χ1n) is 8.85. The lowest BCUT2D eigenvalue weighted by molar-refractivity contribution is -0.0379. The molecule has 0 unspecified atom stereocenters. The van der Waals surface area contributed by atoms with Gasteiger partial charge >= 0.3 is 5.69 Å². The first-order valence-corrected chi connectivity index (χ1v) is 10.0. The molecule has 0 spiro atoms. The number of ketones is 1. The van der Waals surface area contributed by atoms with Crippen LogP contribution in [-0.2, 0) is 31.4 Å². The normalized spacial score (nSPS) is 15.6. The molecule has 1 aromatic carbocycles. The molecule has 0 radical (unpaired) electrons. The summed E-state index contributed by atoms with van der Waals surface area (Å²) in [4.78, 5) is 39.9. The zero-order valence-electron chi connectivity index (χ0n) is 15.7. The maximum atomic E-state index is 12.9. The predicted octanol–water partition coefficient (Wildman–Crippen LogP) is 3.15. The van der Waals surface area contributed by atoms with E-state index in [0.29, 0.717) is 33.8 Å². The molecule has 0 atom stereocenters. The van der Waals surface area contributed by atoms with Crippen molar-refractivity contribution < 1.29 is 9.53 Å². The number of hydrogen-bond donors (Lipinski definition) is 0. The minimum atomic E-state index is -0.501. The third-order valence-corrected chi connectivity index (χ3v) is 6.50. The number of nitrogens with zero attached hydrogens (tertiary/aromatic N) is 2. The molecule has 28 heavy (non-hydrogen) atoms. The van der Waals surface area contributed by atoms with E-state index < -0.39 is 5.69 Å². The average Bonchev–Trinajstić information content (AvgIpc) is 3.01. The summed E-state index contributed by atoms with van der Waals surface area (Å²) in [7, 11) is 1.45. The van der Waals surface area contributed by atoms with Crippen LogP contribution in [0.1, 0.15) is 34.6 Å². The SMILES string of the molecule is Cn1c(=O)c2c3c(sc2n(CC(=O)c2ccc(Cl)cc2)c1=O)COC(C)(C)C3. The Hall–Kier alpha value is -2.22. The fraction of sp³-hybridized carbons (Fsp3) is 0.350. The van der Waals surface area contributed by atoms with Crippen molar-refractivity contribution in [2.24, 2.45) is 7.05 Å². The van der Waals surface area contributed by atoms with Crippen molar-refractivity contribution in [3.8, 4) is 0 Å². The summed E-state index contributed by atoms with van der Waals surface area (Å²) < 4.78 is 8.33. The predicted molar refractivity (Wildman–Crippen MR) is 110 cm³/mol. The van der Waals surface area contributed by atoms with E-state index in [0.717, 1.165) is 15.0 Å². The van der Waals surface area contributed by atoms with Crippen molar-refractivity contribution >= 4 is 38.9 Å². The molecule has 0 saturated carbocycles. The van der Waals surface area contributed by atoms with E-state index in [4.69, 9.17) is 16.3 Å². The van der Waals surface area contributed by atoms with Crippen LogP contribution in [-0.4, -0.2) is 20.5 Å². The molecule has 4 rings (SSSR count). The van der Waals surface area contributed by atoms with Crippen LogP contribution in [0.15, 0.2) is 33.9 Å². The summed E-state index contributed by atoms with van der Waals surface area (Å²) in [6, 6.07) is 6.53. The molecule has 1 aliphatic heterocycles. The summed E-state index contributed by atoms with van der Waals surface area (Å²) >= 11 is 7.24. The molecular weight excluding hydrogens is 400 g/mol. The quantitative estimate of drug-likeness (QED) is 0.612. The molecule has 0 amide bonds. The van der Waals surface area contributed by atoms with Gasteiger partial charge in [0.25, 0.3) is 5.56 Å². The fourth-order valence-corrected chi connectivity index (χ4v) is 4.82. The molecule has 3 aromatic rings. The van der Waals surface area contributed by atoms with E-state index in [9.17, 15) is 14.4 Å². The molecule has 2 aromatic heterocycles. The number of rotatable bonds is 3. The Bertz CT molecular complexity index is 1220. The Balaban J connectivity index is 1.88. The van der Waals surface area contributed by atoms with Crippen LogP contribution in [0.2, 0.25) is 5.02 Å². The zero-order valence-corrected chi connectivity index (χ0v) is 17.3. The van der Waals surface area contributed by atoms with Crippen molar-refractivity contribution in [2.45, 2.75) is 39.0 Å². The van der Waals surface area contributed by atoms with Gasteiger partial charge in [-0.3, -0.25) is 18.7 Å². The van der Waals surface area contributed by atoms with Gasteiger partial charge in [0.2, 0.25) is 0 Å². The lowest BCUT2D eigenvalue weighted by atomic mass is 9.94. The van der Waals surface area contributed by atoms with E-state index >= 15 is 0 Å². The van der Waals surface area contributed by atoms with Crippen molar-refractivity contribution in [3.05, 3.63) is 66.1 Å². The van der Waals surface area contributed by atoms with Gasteiger partial charge in [0, 0.05) is 28.9 Å². The van der Waals surface area contributed by atoms with Gasteiger partial charge in [-0.2, -0.15) is 0 Å². The average molecular weight is 419 g/mol. The van der Waals surface area contributed by atoms with Gasteiger partial charge in [-0.05, 0) is 43.7 Å². The first kappa shape index (κ1) is 19.1. The molecule has 0 N–H and O–H groups in total. The van der Waals surface area contributed by atoms with E-state index in [-0.39, 0.29) is 23.5 Å². The number of ether oxygens (including phenoxy) is 1. The van der Waals surface area contributed by atoms with Gasteiger partial charge in [0.15, 0.2) is 5.78 Å². The van der Waals surface area contributed by atoms with Gasteiger partial charge in [-0.25, -0.2) is 4.79 Å². The van der Waals surface area contributed by atoms with Crippen LogP contribution in [0.25, 0.3) is 10.2 Å². The number of fused-ring (bicyclic) bond motifs is 3. The molecule has 6 nitrogen and oxygen atoms in total. The minimum Gasteiger partial charge on any atom is -0.370 e. The second-order valence-electron chi connectivity index (χ2n) is 7.57. The highest BCUT2D eigenvalue weighted by molar-refractivity contribution is 7.18. The number of carbonyl (C=O) groups excluding carboxylic acids is 1. The molecule has 3 heterocycles. The topological polar surface area (TPSA) is 70.3 Å². The second-order valence-corrected chi connectivity index (χ2v) is 9.09. The molecule has 0 bridgehead atoms. The number of Topliss-reactive ketones (excluding diaryl/α,β-unsaturated/α-hetero) is 1. The number of halogens is 1. The maximum Gasteiger partial charge on any atom is 0.332 e. The minimum absolute atomic E-state index is 0.144. The first-order chi connectivity index (χ1) is 13.2. The van der Waals surface area contributed by atoms with Crippen molar-refractivity contribution in [3.63, 3.8) is 0 Å². The van der Waals surface area contributed by atoms with Crippen LogP contribution < -0.4 is 11.2 Å². The summed E-state index contributed by atoms with van der Waals surface area (Å²) in [6.07, 6.45) is 0.584. The zero-order chi connectivity index (χ0) is 20.2. The van der Waals surface area contributed by atoms with Crippen molar-refractivity contribution in [1.82, 2.24) is 9.13 Å². The maximum absolute atomic E-state index is 12.9. The molecule has 8 heteroatoms. The molecule has 0 fully saturated rings. The third kappa shape index (κ3) is 3.13. The smallest absolute Gasteiger partial charge is 0.332 e. The fourth-order valence-electron chi connectivity index (χ4n) is 3.48. The van der Waals surface area contributed by atoms with Crippen LogP contribution in [0.5, 0.6) is 0 Å². The molecular formula is C20H19ClN2O4S. The lowest BCUT2D eigenvalue weighted by Crippen LogP contribution is -2.39. The summed E-state index contributed by atoms with van der Waals surface area (Å²) in [5, 5.41) is 1.05. The Labute approximate surface area is 169 Å². The van der Waals surface area contributed by atoms with Crippen molar-refractivity contribution in [1.29, 1.82) is 0 Å². The van der Waals surface area contributed by atoms with Crippen LogP contribution in [0, 0.1) is 0 Å². The van der Waals surface area contributed by atoms with Gasteiger partial charge in [-0.15, -0.1) is 11.3 Å². The highest BCUT2D eigenvalue weighted by atomic mass is 35.5. The Morgan fingerprint density at radius 3 is 2.61 bits per heavy atom. The summed E-state index contributed by atoms with van der Waals surface area (Å²) in [6.45, 7) is 4.20. The van der Waals surface area contributed by atoms with Crippen LogP contribution >= 0.6 is 22.9 Å². The monoisotopic (exact) mass is 418 g/mol. The number of benzene rings is 1. The van der Waals surface area contributed by atoms with Gasteiger partial charge in [-0.1, -0.05) is 11.6 Å². The van der Waals surface area contributed by atoms with E-state index in [1.807, 2.05) is 13.8 Å². The molecule has 146 valence electrons. The number of hydrogen-bond acceptors (Lipinski definition) is 5. The highest BCUT2D eigenvalue weighted by Crippen LogP contribution is 2.37. The Morgan fingerprint density at radius 1 is 1.25 bits per heavy atom. The highest BCUT2D eigenvalue weighted by Gasteiger charge is 2.31. The number of aromatic nitrogens is 2. The second kappa shape index (κ2) is 6.69. The van der Waals surface area contributed by atoms with Gasteiger partial charge in [0.05, 0.1) is 24.1 Å². The van der Waals surface area contributed by atoms with Gasteiger partial charge < -0.3 is 4.74 Å². The van der Waals surface area contributed by atoms with Crippen molar-refractivity contribution in [2.75, 3.05) is 0 Å². The summed E-state index contributed by atoms with van der Waals surface area (Å²) in [5.74, 6) is -0.221. The molecule has 0 aliphatic carbocycles. The number of carbonyl (C=O) groups is 1. The Morgan fingerprint density at radius 2 is 1.93 bits per heavy atom. The molecule has 1 aliphatic rings. The largest absolute Gasteiger partial charge is 0.370 e. The summed E-state index contributed by atoms with van der Waals surface area (Å²) in [5.41, 5.74) is 0.171. The van der Waals surface area contributed by atoms with E-state index in [1.165, 1.54) is 23.0 Å². The Kier molecular flexibility index (Phi) is 4.56. The van der Waals surface area contributed by atoms with E-state index in [2.05, 4.69) is 0 Å². The third-order valence-electron chi connectivity index (χ3n) is 5.02. The lowest BCUT2D eigenvalue weighted by Gasteiger charge is -2.29. The number of thiophene rings is 1. The van der Waals surface area contributed by atoms with E-state index in [1.54, 1.807) is 24.3 Å². The van der Waals surface area contributed by atoms with Gasteiger partial charge in [0.1, 0.15) is 4.83 Å². The molecule has 0 saturated heterocycles. The van der Waals surface area contributed by atoms with Crippen LogP contribution in [0.3, 0.4) is 0 Å².